The molecule has 0 N–H and O–H groups in total. The molecular formula is C20H20O5. The summed E-state index contributed by atoms with van der Waals surface area (Å²) < 4.78 is 21.9. The molecule has 1 heterocycles. The number of methoxy groups -OCH3 is 2. The third-order valence-corrected chi connectivity index (χ3v) is 3.93. The van der Waals surface area contributed by atoms with Crippen molar-refractivity contribution in [2.24, 2.45) is 0 Å². The minimum Gasteiger partial charge on any atom is -0.496 e. The van der Waals surface area contributed by atoms with Crippen LogP contribution in [0, 0.1) is 0 Å². The van der Waals surface area contributed by atoms with Gasteiger partial charge in [0, 0.05) is 17.7 Å². The van der Waals surface area contributed by atoms with Gasteiger partial charge in [0.1, 0.15) is 29.3 Å². The lowest BCUT2D eigenvalue weighted by Gasteiger charge is -2.08. The first kappa shape index (κ1) is 16.9. The van der Waals surface area contributed by atoms with Crippen molar-refractivity contribution in [3.63, 3.8) is 0 Å². The Bertz CT molecular complexity index is 880. The lowest BCUT2D eigenvalue weighted by atomic mass is 10.00. The molecule has 0 radical (unpaired) electrons. The van der Waals surface area contributed by atoms with Crippen molar-refractivity contribution in [1.29, 1.82) is 0 Å². The van der Waals surface area contributed by atoms with Crippen LogP contribution in [0.4, 0.5) is 0 Å². The normalized spacial score (nSPS) is 10.7. The largest absolute Gasteiger partial charge is 0.496 e. The number of esters is 1. The van der Waals surface area contributed by atoms with Gasteiger partial charge in [-0.2, -0.15) is 0 Å². The SMILES string of the molecule is CCOC(=O)Cc1oc2cc(OC)cc(OC)c2c1-c1ccccc1. The lowest BCUT2D eigenvalue weighted by molar-refractivity contribution is -0.142. The van der Waals surface area contributed by atoms with Crippen LogP contribution in [-0.2, 0) is 16.0 Å². The average molecular weight is 340 g/mol. The zero-order valence-corrected chi connectivity index (χ0v) is 14.5. The first-order valence-electron chi connectivity index (χ1n) is 8.06. The molecule has 3 aromatic rings. The molecule has 0 spiro atoms. The second-order valence-corrected chi connectivity index (χ2v) is 5.45. The fourth-order valence-corrected chi connectivity index (χ4v) is 2.87. The Kier molecular flexibility index (Phi) is 4.93. The minimum absolute atomic E-state index is 0.0538. The standard InChI is InChI=1S/C20H20O5/c1-4-24-18(21)12-17-19(13-8-6-5-7-9-13)20-15(23-3)10-14(22-2)11-16(20)25-17/h5-11H,4,12H2,1-3H3. The fourth-order valence-electron chi connectivity index (χ4n) is 2.87. The van der Waals surface area contributed by atoms with E-state index in [1.54, 1.807) is 33.3 Å². The van der Waals surface area contributed by atoms with Crippen molar-refractivity contribution in [2.75, 3.05) is 20.8 Å². The quantitative estimate of drug-likeness (QED) is 0.629. The van der Waals surface area contributed by atoms with Crippen molar-refractivity contribution < 1.29 is 23.4 Å². The molecule has 0 saturated carbocycles. The zero-order chi connectivity index (χ0) is 17.8. The highest BCUT2D eigenvalue weighted by molar-refractivity contribution is 6.01. The number of carbonyl (C=O) groups excluding carboxylic acids is 1. The molecule has 2 aromatic carbocycles. The summed E-state index contributed by atoms with van der Waals surface area (Å²) in [6, 6.07) is 13.4. The average Bonchev–Trinajstić information content (AvgIpc) is 2.99. The molecule has 25 heavy (non-hydrogen) atoms. The van der Waals surface area contributed by atoms with Crippen LogP contribution in [0.5, 0.6) is 11.5 Å². The van der Waals surface area contributed by atoms with Gasteiger partial charge in [0.2, 0.25) is 0 Å². The molecule has 0 amide bonds. The van der Waals surface area contributed by atoms with Crippen molar-refractivity contribution in [1.82, 2.24) is 0 Å². The third kappa shape index (κ3) is 3.31. The van der Waals surface area contributed by atoms with E-state index in [0.717, 1.165) is 16.5 Å². The molecule has 0 saturated heterocycles. The molecule has 0 aliphatic rings. The van der Waals surface area contributed by atoms with Gasteiger partial charge in [-0.15, -0.1) is 0 Å². The van der Waals surface area contributed by atoms with Crippen LogP contribution in [0.3, 0.4) is 0 Å². The second kappa shape index (κ2) is 7.30. The van der Waals surface area contributed by atoms with Crippen molar-refractivity contribution in [2.45, 2.75) is 13.3 Å². The van der Waals surface area contributed by atoms with Crippen LogP contribution in [0.1, 0.15) is 12.7 Å². The van der Waals surface area contributed by atoms with Crippen LogP contribution < -0.4 is 9.47 Å². The predicted octanol–water partition coefficient (Wildman–Crippen LogP) is 4.22. The Morgan fingerprint density at radius 1 is 1.08 bits per heavy atom. The van der Waals surface area contributed by atoms with E-state index in [2.05, 4.69) is 0 Å². The summed E-state index contributed by atoms with van der Waals surface area (Å²) in [4.78, 5) is 12.0. The molecule has 5 heteroatoms. The van der Waals surface area contributed by atoms with Gasteiger partial charge in [0.15, 0.2) is 0 Å². The van der Waals surface area contributed by atoms with E-state index in [0.29, 0.717) is 29.4 Å². The van der Waals surface area contributed by atoms with E-state index in [9.17, 15) is 4.79 Å². The van der Waals surface area contributed by atoms with Crippen LogP contribution in [0.2, 0.25) is 0 Å². The van der Waals surface area contributed by atoms with Gasteiger partial charge in [-0.3, -0.25) is 4.79 Å². The number of hydrogen-bond donors (Lipinski definition) is 0. The molecule has 3 rings (SSSR count). The van der Waals surface area contributed by atoms with E-state index in [1.165, 1.54) is 0 Å². The minimum atomic E-state index is -0.329. The highest BCUT2D eigenvalue weighted by atomic mass is 16.5. The third-order valence-electron chi connectivity index (χ3n) is 3.93. The van der Waals surface area contributed by atoms with Gasteiger partial charge in [-0.1, -0.05) is 30.3 Å². The van der Waals surface area contributed by atoms with Crippen molar-refractivity contribution >= 4 is 16.9 Å². The molecule has 0 aliphatic carbocycles. The van der Waals surface area contributed by atoms with E-state index >= 15 is 0 Å². The maximum absolute atomic E-state index is 12.0. The summed E-state index contributed by atoms with van der Waals surface area (Å²) in [5.74, 6) is 1.48. The summed E-state index contributed by atoms with van der Waals surface area (Å²) >= 11 is 0. The number of rotatable bonds is 6. The summed E-state index contributed by atoms with van der Waals surface area (Å²) in [5.41, 5.74) is 2.39. The summed E-state index contributed by atoms with van der Waals surface area (Å²) in [6.45, 7) is 2.11. The summed E-state index contributed by atoms with van der Waals surface area (Å²) in [5, 5.41) is 0.814. The van der Waals surface area contributed by atoms with Gasteiger partial charge in [0.25, 0.3) is 0 Å². The topological polar surface area (TPSA) is 57.9 Å². The number of carbonyl (C=O) groups is 1. The first-order valence-corrected chi connectivity index (χ1v) is 8.06. The van der Waals surface area contributed by atoms with Gasteiger partial charge in [-0.25, -0.2) is 0 Å². The molecule has 0 atom stereocenters. The maximum Gasteiger partial charge on any atom is 0.313 e. The molecule has 1 aromatic heterocycles. The number of fused-ring (bicyclic) bond motifs is 1. The van der Waals surface area contributed by atoms with Crippen molar-refractivity contribution in [3.8, 4) is 22.6 Å². The Balaban J connectivity index is 2.25. The maximum atomic E-state index is 12.0. The highest BCUT2D eigenvalue weighted by Gasteiger charge is 2.22. The smallest absolute Gasteiger partial charge is 0.313 e. The van der Waals surface area contributed by atoms with E-state index in [4.69, 9.17) is 18.6 Å². The molecular weight excluding hydrogens is 320 g/mol. The Hall–Kier alpha value is -2.95. The van der Waals surface area contributed by atoms with Crippen LogP contribution in [0.25, 0.3) is 22.1 Å². The summed E-state index contributed by atoms with van der Waals surface area (Å²) in [6.07, 6.45) is 0.0538. The Morgan fingerprint density at radius 2 is 1.84 bits per heavy atom. The molecule has 0 aliphatic heterocycles. The monoisotopic (exact) mass is 340 g/mol. The predicted molar refractivity (Wildman–Crippen MR) is 95.1 cm³/mol. The van der Waals surface area contributed by atoms with Gasteiger partial charge < -0.3 is 18.6 Å². The fraction of sp³-hybridized carbons (Fsp3) is 0.250. The van der Waals surface area contributed by atoms with E-state index in [1.807, 2.05) is 30.3 Å². The Morgan fingerprint density at radius 3 is 2.48 bits per heavy atom. The van der Waals surface area contributed by atoms with Crippen LogP contribution >= 0.6 is 0 Å². The van der Waals surface area contributed by atoms with Crippen LogP contribution in [0.15, 0.2) is 46.9 Å². The second-order valence-electron chi connectivity index (χ2n) is 5.45. The van der Waals surface area contributed by atoms with E-state index in [-0.39, 0.29) is 12.4 Å². The number of hydrogen-bond acceptors (Lipinski definition) is 5. The molecule has 0 fully saturated rings. The number of furan rings is 1. The van der Waals surface area contributed by atoms with Crippen LogP contribution in [-0.4, -0.2) is 26.8 Å². The number of ether oxygens (including phenoxy) is 3. The summed E-state index contributed by atoms with van der Waals surface area (Å²) in [7, 11) is 3.18. The molecule has 0 unspecified atom stereocenters. The Labute approximate surface area is 146 Å². The first-order chi connectivity index (χ1) is 12.2. The van der Waals surface area contributed by atoms with Gasteiger partial charge in [0.05, 0.1) is 26.2 Å². The van der Waals surface area contributed by atoms with Gasteiger partial charge >= 0.3 is 5.97 Å². The lowest BCUT2D eigenvalue weighted by Crippen LogP contribution is -2.07. The molecule has 0 bridgehead atoms. The van der Waals surface area contributed by atoms with E-state index < -0.39 is 0 Å². The van der Waals surface area contributed by atoms with Crippen molar-refractivity contribution in [3.05, 3.63) is 48.2 Å². The highest BCUT2D eigenvalue weighted by Crippen LogP contribution is 2.42. The molecule has 5 nitrogen and oxygen atoms in total. The number of benzene rings is 2. The molecule has 130 valence electrons. The van der Waals surface area contributed by atoms with Gasteiger partial charge in [-0.05, 0) is 12.5 Å². The zero-order valence-electron chi connectivity index (χ0n) is 14.5.